The molecule has 24 heavy (non-hydrogen) atoms. The molecule has 0 spiro atoms. The van der Waals surface area contributed by atoms with E-state index in [4.69, 9.17) is 0 Å². The molecule has 0 bridgehead atoms. The summed E-state index contributed by atoms with van der Waals surface area (Å²) in [6.45, 7) is 1.99. The lowest BCUT2D eigenvalue weighted by Crippen LogP contribution is -2.31. The van der Waals surface area contributed by atoms with E-state index in [0.717, 1.165) is 25.3 Å². The minimum atomic E-state index is 0.575. The summed E-state index contributed by atoms with van der Waals surface area (Å²) in [6.07, 6.45) is 11.6. The summed E-state index contributed by atoms with van der Waals surface area (Å²) in [7, 11) is 0. The molecule has 2 aromatic heterocycles. The predicted octanol–water partition coefficient (Wildman–Crippen LogP) is 3.89. The van der Waals surface area contributed by atoms with Crippen molar-refractivity contribution in [2.24, 2.45) is 0 Å². The molecular formula is C19H22N4S. The summed E-state index contributed by atoms with van der Waals surface area (Å²) in [4.78, 5) is 16.1. The summed E-state index contributed by atoms with van der Waals surface area (Å²) >= 11 is 1.80. The number of likely N-dealkylation sites (tertiary alicyclic amines) is 1. The van der Waals surface area contributed by atoms with Gasteiger partial charge in [0.25, 0.3) is 0 Å². The molecule has 1 fully saturated rings. The maximum atomic E-state index is 4.38. The van der Waals surface area contributed by atoms with E-state index >= 15 is 0 Å². The molecule has 3 heterocycles. The second-order valence-electron chi connectivity index (χ2n) is 6.36. The predicted molar refractivity (Wildman–Crippen MR) is 99.2 cm³/mol. The molecule has 4 nitrogen and oxygen atoms in total. The first-order valence-corrected chi connectivity index (χ1v) is 9.70. The van der Waals surface area contributed by atoms with Crippen molar-refractivity contribution in [2.45, 2.75) is 36.7 Å². The van der Waals surface area contributed by atoms with Crippen molar-refractivity contribution < 1.29 is 0 Å². The third kappa shape index (κ3) is 3.19. The molecule has 0 aliphatic carbocycles. The first-order valence-electron chi connectivity index (χ1n) is 8.47. The Morgan fingerprint density at radius 2 is 2.17 bits per heavy atom. The lowest BCUT2D eigenvalue weighted by molar-refractivity contribution is 0.238. The molecule has 4 rings (SSSR count). The zero-order valence-electron chi connectivity index (χ0n) is 13.9. The molecule has 0 unspecified atom stereocenters. The lowest BCUT2D eigenvalue weighted by Gasteiger charge is -2.23. The van der Waals surface area contributed by atoms with Gasteiger partial charge in [-0.1, -0.05) is 0 Å². The first-order chi connectivity index (χ1) is 11.8. The number of hydrogen-bond donors (Lipinski definition) is 1. The molecule has 1 aromatic carbocycles. The van der Waals surface area contributed by atoms with Crippen LogP contribution in [0, 0.1) is 0 Å². The zero-order valence-corrected chi connectivity index (χ0v) is 14.7. The lowest BCUT2D eigenvalue weighted by atomic mass is 10.0. The Balaban J connectivity index is 1.53. The van der Waals surface area contributed by atoms with E-state index in [9.17, 15) is 0 Å². The van der Waals surface area contributed by atoms with Crippen LogP contribution in [0.5, 0.6) is 0 Å². The van der Waals surface area contributed by atoms with E-state index in [1.165, 1.54) is 34.2 Å². The Labute approximate surface area is 146 Å². The minimum absolute atomic E-state index is 0.575. The topological polar surface area (TPSA) is 44.8 Å². The molecular weight excluding hydrogens is 316 g/mol. The van der Waals surface area contributed by atoms with Crippen LogP contribution in [0.4, 0.5) is 0 Å². The monoisotopic (exact) mass is 338 g/mol. The highest BCUT2D eigenvalue weighted by atomic mass is 32.2. The molecule has 0 saturated carbocycles. The van der Waals surface area contributed by atoms with Gasteiger partial charge in [0.1, 0.15) is 5.82 Å². The average Bonchev–Trinajstić information content (AvgIpc) is 3.23. The van der Waals surface area contributed by atoms with Crippen molar-refractivity contribution in [3.05, 3.63) is 54.2 Å². The molecule has 0 radical (unpaired) electrons. The average molecular weight is 338 g/mol. The Hall–Kier alpha value is -1.85. The van der Waals surface area contributed by atoms with Crippen LogP contribution in [0.2, 0.25) is 0 Å². The highest BCUT2D eigenvalue weighted by molar-refractivity contribution is 7.98. The van der Waals surface area contributed by atoms with Crippen LogP contribution in [0.3, 0.4) is 0 Å². The maximum Gasteiger partial charge on any atom is 0.142 e. The Morgan fingerprint density at radius 1 is 1.29 bits per heavy atom. The SMILES string of the molecule is CSc1ccc2[nH]cc(C[C@H]3CCCN3Cc3ncccn3)c2c1. The van der Waals surface area contributed by atoms with Gasteiger partial charge in [-0.05, 0) is 61.9 Å². The van der Waals surface area contributed by atoms with Gasteiger partial charge in [0.15, 0.2) is 0 Å². The highest BCUT2D eigenvalue weighted by Crippen LogP contribution is 2.28. The molecule has 1 saturated heterocycles. The summed E-state index contributed by atoms with van der Waals surface area (Å²) < 4.78 is 0. The van der Waals surface area contributed by atoms with E-state index < -0.39 is 0 Å². The van der Waals surface area contributed by atoms with E-state index in [1.54, 1.807) is 11.8 Å². The summed E-state index contributed by atoms with van der Waals surface area (Å²) in [5.41, 5.74) is 2.66. The van der Waals surface area contributed by atoms with Crippen molar-refractivity contribution in [3.8, 4) is 0 Å². The molecule has 1 N–H and O–H groups in total. The second kappa shape index (κ2) is 6.95. The Morgan fingerprint density at radius 3 is 3.00 bits per heavy atom. The number of rotatable bonds is 5. The number of aromatic amines is 1. The van der Waals surface area contributed by atoms with Gasteiger partial charge in [-0.15, -0.1) is 11.8 Å². The van der Waals surface area contributed by atoms with Gasteiger partial charge >= 0.3 is 0 Å². The van der Waals surface area contributed by atoms with Crippen LogP contribution in [-0.4, -0.2) is 38.7 Å². The summed E-state index contributed by atoms with van der Waals surface area (Å²) in [5, 5.41) is 1.37. The van der Waals surface area contributed by atoms with E-state index in [-0.39, 0.29) is 0 Å². The van der Waals surface area contributed by atoms with Gasteiger partial charge in [0.05, 0.1) is 6.54 Å². The van der Waals surface area contributed by atoms with Gasteiger partial charge in [0.2, 0.25) is 0 Å². The largest absolute Gasteiger partial charge is 0.361 e. The summed E-state index contributed by atoms with van der Waals surface area (Å²) in [5.74, 6) is 0.924. The van der Waals surface area contributed by atoms with Crippen molar-refractivity contribution in [1.82, 2.24) is 19.9 Å². The second-order valence-corrected chi connectivity index (χ2v) is 7.24. The molecule has 5 heteroatoms. The third-order valence-electron chi connectivity index (χ3n) is 4.89. The highest BCUT2D eigenvalue weighted by Gasteiger charge is 2.26. The van der Waals surface area contributed by atoms with E-state index in [2.05, 4.69) is 50.5 Å². The smallest absolute Gasteiger partial charge is 0.142 e. The van der Waals surface area contributed by atoms with Crippen LogP contribution < -0.4 is 0 Å². The van der Waals surface area contributed by atoms with E-state index in [1.807, 2.05) is 18.5 Å². The number of aromatic nitrogens is 3. The number of thioether (sulfide) groups is 1. The fourth-order valence-electron chi connectivity index (χ4n) is 3.63. The number of hydrogen-bond acceptors (Lipinski definition) is 4. The molecule has 0 amide bonds. The quantitative estimate of drug-likeness (QED) is 0.717. The van der Waals surface area contributed by atoms with Gasteiger partial charge in [0, 0.05) is 40.4 Å². The fraction of sp³-hybridized carbons (Fsp3) is 0.368. The van der Waals surface area contributed by atoms with Crippen LogP contribution in [0.15, 0.2) is 47.8 Å². The van der Waals surface area contributed by atoms with Gasteiger partial charge < -0.3 is 4.98 Å². The number of fused-ring (bicyclic) bond motifs is 1. The van der Waals surface area contributed by atoms with E-state index in [0.29, 0.717) is 6.04 Å². The summed E-state index contributed by atoms with van der Waals surface area (Å²) in [6, 6.07) is 9.13. The molecule has 3 aromatic rings. The molecule has 1 aliphatic heterocycles. The van der Waals surface area contributed by atoms with Crippen molar-refractivity contribution in [1.29, 1.82) is 0 Å². The van der Waals surface area contributed by atoms with Gasteiger partial charge in [-0.3, -0.25) is 4.90 Å². The maximum absolute atomic E-state index is 4.38. The van der Waals surface area contributed by atoms with Crippen LogP contribution >= 0.6 is 11.8 Å². The van der Waals surface area contributed by atoms with Crippen molar-refractivity contribution >= 4 is 22.7 Å². The number of H-pyrrole nitrogens is 1. The Kier molecular flexibility index (Phi) is 4.54. The minimum Gasteiger partial charge on any atom is -0.361 e. The van der Waals surface area contributed by atoms with Gasteiger partial charge in [-0.25, -0.2) is 9.97 Å². The third-order valence-corrected chi connectivity index (χ3v) is 5.62. The number of nitrogens with zero attached hydrogens (tertiary/aromatic N) is 3. The molecule has 1 aliphatic rings. The van der Waals surface area contributed by atoms with Gasteiger partial charge in [-0.2, -0.15) is 0 Å². The Bertz CT molecular complexity index is 815. The number of benzene rings is 1. The van der Waals surface area contributed by atoms with Crippen LogP contribution in [0.25, 0.3) is 10.9 Å². The standard InChI is InChI=1S/C19H22N4S/c1-24-16-5-6-18-17(11-16)14(12-22-18)10-15-4-2-9-23(15)13-19-20-7-3-8-21-19/h3,5-8,11-12,15,22H,2,4,9-10,13H2,1H3/t15-/m1/s1. The van der Waals surface area contributed by atoms with Crippen LogP contribution in [0.1, 0.15) is 24.2 Å². The van der Waals surface area contributed by atoms with Crippen LogP contribution in [-0.2, 0) is 13.0 Å². The normalized spacial score (nSPS) is 18.5. The van der Waals surface area contributed by atoms with Crippen molar-refractivity contribution in [3.63, 3.8) is 0 Å². The first kappa shape index (κ1) is 15.7. The fourth-order valence-corrected chi connectivity index (χ4v) is 4.07. The molecule has 1 atom stereocenters. The van der Waals surface area contributed by atoms with Crippen molar-refractivity contribution in [2.75, 3.05) is 12.8 Å². The zero-order chi connectivity index (χ0) is 16.4. The number of nitrogens with one attached hydrogen (secondary N) is 1. The molecule has 124 valence electrons.